The monoisotopic (exact) mass is 328 g/mol. The van der Waals surface area contributed by atoms with Crippen LogP contribution >= 0.6 is 11.3 Å². The maximum absolute atomic E-state index is 9.18. The Labute approximate surface area is 139 Å². The maximum Gasteiger partial charge on any atom is 0.185 e. The van der Waals surface area contributed by atoms with Gasteiger partial charge in [0.25, 0.3) is 0 Å². The molecule has 0 saturated carbocycles. The highest BCUT2D eigenvalue weighted by Gasteiger charge is 2.23. The molecule has 0 radical (unpaired) electrons. The highest BCUT2D eigenvalue weighted by molar-refractivity contribution is 7.13. The van der Waals surface area contributed by atoms with Crippen molar-refractivity contribution in [3.8, 4) is 0 Å². The van der Waals surface area contributed by atoms with Crippen LogP contribution in [0.3, 0.4) is 0 Å². The Bertz CT molecular complexity index is 764. The van der Waals surface area contributed by atoms with Crippen molar-refractivity contribution < 1.29 is 5.11 Å². The molecule has 6 heteroatoms. The van der Waals surface area contributed by atoms with Crippen LogP contribution in [0.5, 0.6) is 0 Å². The van der Waals surface area contributed by atoms with Crippen molar-refractivity contribution in [1.29, 1.82) is 0 Å². The molecule has 1 aliphatic heterocycles. The van der Waals surface area contributed by atoms with Crippen molar-refractivity contribution in [3.05, 3.63) is 41.2 Å². The number of nitrogens with one attached hydrogen (secondary N) is 1. The number of aliphatic hydroxyl groups is 1. The first kappa shape index (κ1) is 14.7. The second-order valence-electron chi connectivity index (χ2n) is 6.14. The lowest BCUT2D eigenvalue weighted by atomic mass is 9.95. The summed E-state index contributed by atoms with van der Waals surface area (Å²) in [5, 5.41) is 12.2. The maximum atomic E-state index is 9.18. The fourth-order valence-electron chi connectivity index (χ4n) is 3.30. The van der Waals surface area contributed by atoms with E-state index < -0.39 is 0 Å². The zero-order chi connectivity index (χ0) is 15.6. The quantitative estimate of drug-likeness (QED) is 0.773. The SMILES string of the molecule is OCc1csc(N2CCC[C@H](Cc3nc4ccccc4[nH]3)C2)n1. The number of piperidine rings is 1. The largest absolute Gasteiger partial charge is 0.390 e. The summed E-state index contributed by atoms with van der Waals surface area (Å²) in [6, 6.07) is 8.18. The molecule has 1 saturated heterocycles. The number of thiazole rings is 1. The van der Waals surface area contributed by atoms with Crippen molar-refractivity contribution in [1.82, 2.24) is 15.0 Å². The Balaban J connectivity index is 1.46. The topological polar surface area (TPSA) is 65.0 Å². The molecule has 0 unspecified atom stereocenters. The van der Waals surface area contributed by atoms with E-state index >= 15 is 0 Å². The van der Waals surface area contributed by atoms with Crippen LogP contribution < -0.4 is 4.90 Å². The molecular weight excluding hydrogens is 308 g/mol. The molecule has 23 heavy (non-hydrogen) atoms. The van der Waals surface area contributed by atoms with Gasteiger partial charge >= 0.3 is 0 Å². The van der Waals surface area contributed by atoms with Crippen LogP contribution in [0, 0.1) is 5.92 Å². The second kappa shape index (κ2) is 6.29. The second-order valence-corrected chi connectivity index (χ2v) is 6.98. The van der Waals surface area contributed by atoms with Crippen molar-refractivity contribution in [2.75, 3.05) is 18.0 Å². The predicted octanol–water partition coefficient (Wildman–Crippen LogP) is 2.97. The van der Waals surface area contributed by atoms with E-state index in [2.05, 4.69) is 27.0 Å². The first-order chi connectivity index (χ1) is 11.3. The number of hydrogen-bond acceptors (Lipinski definition) is 5. The van der Waals surface area contributed by atoms with E-state index in [1.54, 1.807) is 11.3 Å². The summed E-state index contributed by atoms with van der Waals surface area (Å²) in [4.78, 5) is 15.0. The van der Waals surface area contributed by atoms with Gasteiger partial charge in [-0.3, -0.25) is 0 Å². The number of H-pyrrole nitrogens is 1. The zero-order valence-corrected chi connectivity index (χ0v) is 13.7. The standard InChI is InChI=1S/C17H20N4OS/c22-10-13-11-23-17(18-13)21-7-3-4-12(9-21)8-16-19-14-5-1-2-6-15(14)20-16/h1-2,5-6,11-12,22H,3-4,7-10H2,(H,19,20)/t12-/m1/s1. The van der Waals surface area contributed by atoms with Gasteiger partial charge in [0.15, 0.2) is 5.13 Å². The number of aliphatic hydroxyl groups excluding tert-OH is 1. The summed E-state index contributed by atoms with van der Waals surface area (Å²) in [5.41, 5.74) is 2.93. The molecule has 120 valence electrons. The van der Waals surface area contributed by atoms with Gasteiger partial charge in [0.2, 0.25) is 0 Å². The molecule has 1 aliphatic rings. The molecule has 1 fully saturated rings. The minimum absolute atomic E-state index is 0.0206. The van der Waals surface area contributed by atoms with Gasteiger partial charge in [0, 0.05) is 24.9 Å². The summed E-state index contributed by atoms with van der Waals surface area (Å²) >= 11 is 1.62. The molecule has 2 aromatic heterocycles. The molecule has 4 rings (SSSR count). The van der Waals surface area contributed by atoms with E-state index in [9.17, 15) is 5.11 Å². The summed E-state index contributed by atoms with van der Waals surface area (Å²) in [6.45, 7) is 2.08. The van der Waals surface area contributed by atoms with Crippen LogP contribution in [0.15, 0.2) is 29.6 Å². The van der Waals surface area contributed by atoms with E-state index in [4.69, 9.17) is 4.98 Å². The van der Waals surface area contributed by atoms with Gasteiger partial charge in [0.1, 0.15) is 5.82 Å². The van der Waals surface area contributed by atoms with Crippen LogP contribution in [0.2, 0.25) is 0 Å². The predicted molar refractivity (Wildman–Crippen MR) is 92.8 cm³/mol. The summed E-state index contributed by atoms with van der Waals surface area (Å²) < 4.78 is 0. The summed E-state index contributed by atoms with van der Waals surface area (Å²) in [7, 11) is 0. The number of aromatic nitrogens is 3. The molecular formula is C17H20N4OS. The average molecular weight is 328 g/mol. The van der Waals surface area contributed by atoms with Gasteiger partial charge < -0.3 is 15.0 Å². The fourth-order valence-corrected chi connectivity index (χ4v) is 4.15. The number of nitrogens with zero attached hydrogens (tertiary/aromatic N) is 3. The lowest BCUT2D eigenvalue weighted by molar-refractivity contribution is 0.277. The number of aromatic amines is 1. The third kappa shape index (κ3) is 3.09. The molecule has 0 amide bonds. The van der Waals surface area contributed by atoms with Gasteiger partial charge in [0.05, 0.1) is 23.3 Å². The Kier molecular flexibility index (Phi) is 4.01. The molecule has 3 aromatic rings. The van der Waals surface area contributed by atoms with Crippen molar-refractivity contribution in [3.63, 3.8) is 0 Å². The number of hydrogen-bond donors (Lipinski definition) is 2. The number of para-hydroxylation sites is 2. The van der Waals surface area contributed by atoms with E-state index in [0.29, 0.717) is 5.92 Å². The minimum atomic E-state index is 0.0206. The van der Waals surface area contributed by atoms with E-state index in [1.807, 2.05) is 17.5 Å². The highest BCUT2D eigenvalue weighted by Crippen LogP contribution is 2.28. The number of imidazole rings is 1. The Morgan fingerprint density at radius 2 is 2.22 bits per heavy atom. The molecule has 1 aromatic carbocycles. The normalized spacial score (nSPS) is 18.7. The van der Waals surface area contributed by atoms with Gasteiger partial charge in [-0.15, -0.1) is 11.3 Å². The number of anilines is 1. The van der Waals surface area contributed by atoms with Crippen molar-refractivity contribution in [2.45, 2.75) is 25.9 Å². The van der Waals surface area contributed by atoms with Gasteiger partial charge in [-0.25, -0.2) is 9.97 Å². The van der Waals surface area contributed by atoms with Crippen molar-refractivity contribution >= 4 is 27.5 Å². The van der Waals surface area contributed by atoms with E-state index in [0.717, 1.165) is 47.2 Å². The van der Waals surface area contributed by atoms with Gasteiger partial charge in [-0.05, 0) is 30.9 Å². The van der Waals surface area contributed by atoms with Crippen LogP contribution in [0.25, 0.3) is 11.0 Å². The first-order valence-corrected chi connectivity index (χ1v) is 8.93. The molecule has 0 aliphatic carbocycles. The number of benzene rings is 1. The highest BCUT2D eigenvalue weighted by atomic mass is 32.1. The van der Waals surface area contributed by atoms with Gasteiger partial charge in [-0.2, -0.15) is 0 Å². The van der Waals surface area contributed by atoms with Gasteiger partial charge in [-0.1, -0.05) is 12.1 Å². The number of fused-ring (bicyclic) bond motifs is 1. The average Bonchev–Trinajstić information content (AvgIpc) is 3.21. The summed E-state index contributed by atoms with van der Waals surface area (Å²) in [6.07, 6.45) is 3.38. The Morgan fingerprint density at radius 3 is 3.04 bits per heavy atom. The third-order valence-electron chi connectivity index (χ3n) is 4.41. The molecule has 0 bridgehead atoms. The molecule has 3 heterocycles. The lowest BCUT2D eigenvalue weighted by Crippen LogP contribution is -2.36. The lowest BCUT2D eigenvalue weighted by Gasteiger charge is -2.32. The zero-order valence-electron chi connectivity index (χ0n) is 12.9. The Morgan fingerprint density at radius 1 is 1.30 bits per heavy atom. The van der Waals surface area contributed by atoms with Crippen LogP contribution in [0.1, 0.15) is 24.4 Å². The fraction of sp³-hybridized carbons (Fsp3) is 0.412. The van der Waals surface area contributed by atoms with E-state index in [1.165, 1.54) is 12.8 Å². The van der Waals surface area contributed by atoms with Crippen LogP contribution in [-0.2, 0) is 13.0 Å². The summed E-state index contributed by atoms with van der Waals surface area (Å²) in [5.74, 6) is 1.67. The van der Waals surface area contributed by atoms with Crippen LogP contribution in [-0.4, -0.2) is 33.1 Å². The van der Waals surface area contributed by atoms with Crippen molar-refractivity contribution in [2.24, 2.45) is 5.92 Å². The van der Waals surface area contributed by atoms with Crippen LogP contribution in [0.4, 0.5) is 5.13 Å². The molecule has 5 nitrogen and oxygen atoms in total. The van der Waals surface area contributed by atoms with E-state index in [-0.39, 0.29) is 6.61 Å². The molecule has 0 spiro atoms. The molecule has 2 N–H and O–H groups in total. The molecule has 1 atom stereocenters. The third-order valence-corrected chi connectivity index (χ3v) is 5.36. The smallest absolute Gasteiger partial charge is 0.185 e. The minimum Gasteiger partial charge on any atom is -0.390 e. The first-order valence-electron chi connectivity index (χ1n) is 8.05. The number of rotatable bonds is 4. The Hall–Kier alpha value is -1.92.